The van der Waals surface area contributed by atoms with E-state index in [4.69, 9.17) is 5.11 Å². The monoisotopic (exact) mass is 303 g/mol. The quantitative estimate of drug-likeness (QED) is 0.875. The molecule has 0 aliphatic heterocycles. The van der Waals surface area contributed by atoms with Crippen molar-refractivity contribution in [2.45, 2.75) is 37.6 Å². The Bertz CT molecular complexity index is 600. The maximum absolute atomic E-state index is 13.3. The van der Waals surface area contributed by atoms with Crippen molar-refractivity contribution in [1.82, 2.24) is 4.31 Å². The summed E-state index contributed by atoms with van der Waals surface area (Å²) in [6.45, 7) is 3.71. The molecule has 0 saturated heterocycles. The van der Waals surface area contributed by atoms with E-state index in [-0.39, 0.29) is 10.9 Å². The average molecular weight is 303 g/mol. The van der Waals surface area contributed by atoms with Crippen LogP contribution in [0.25, 0.3) is 0 Å². The van der Waals surface area contributed by atoms with Gasteiger partial charge in [-0.25, -0.2) is 17.6 Å². The minimum atomic E-state index is -3.83. The number of benzene rings is 1. The van der Waals surface area contributed by atoms with Crippen LogP contribution in [0.15, 0.2) is 23.1 Å². The molecule has 1 aromatic carbocycles. The highest BCUT2D eigenvalue weighted by Crippen LogP contribution is 2.21. The number of carboxylic acids is 1. The number of hydrogen-bond donors (Lipinski definition) is 1. The molecule has 20 heavy (non-hydrogen) atoms. The van der Waals surface area contributed by atoms with E-state index in [1.54, 1.807) is 6.92 Å². The van der Waals surface area contributed by atoms with Crippen LogP contribution in [0.5, 0.6) is 0 Å². The Hall–Kier alpha value is -1.47. The molecular weight excluding hydrogens is 285 g/mol. The molecular formula is C13H18FNO4S. The molecule has 0 aliphatic carbocycles. The van der Waals surface area contributed by atoms with E-state index < -0.39 is 27.4 Å². The van der Waals surface area contributed by atoms with Crippen LogP contribution in [-0.4, -0.2) is 36.9 Å². The van der Waals surface area contributed by atoms with E-state index >= 15 is 0 Å². The summed E-state index contributed by atoms with van der Waals surface area (Å²) in [4.78, 5) is 10.6. The highest BCUT2D eigenvalue weighted by molar-refractivity contribution is 7.89. The lowest BCUT2D eigenvalue weighted by molar-refractivity contribution is 0.0691. The lowest BCUT2D eigenvalue weighted by Crippen LogP contribution is -2.35. The van der Waals surface area contributed by atoms with Crippen molar-refractivity contribution < 1.29 is 22.7 Å². The summed E-state index contributed by atoms with van der Waals surface area (Å²) in [5.41, 5.74) is -0.650. The third-order valence-electron chi connectivity index (χ3n) is 3.17. The lowest BCUT2D eigenvalue weighted by Gasteiger charge is -2.24. The predicted molar refractivity (Wildman–Crippen MR) is 72.7 cm³/mol. The highest BCUT2D eigenvalue weighted by atomic mass is 32.2. The van der Waals surface area contributed by atoms with Crippen LogP contribution in [0.1, 0.15) is 37.0 Å². The molecule has 1 aromatic rings. The average Bonchev–Trinajstić information content (AvgIpc) is 2.37. The number of carbonyl (C=O) groups is 1. The van der Waals surface area contributed by atoms with Gasteiger partial charge in [0.15, 0.2) is 0 Å². The van der Waals surface area contributed by atoms with Crippen LogP contribution in [0.4, 0.5) is 4.39 Å². The van der Waals surface area contributed by atoms with Gasteiger partial charge in [0.25, 0.3) is 0 Å². The van der Waals surface area contributed by atoms with E-state index in [2.05, 4.69) is 0 Å². The van der Waals surface area contributed by atoms with Gasteiger partial charge in [0, 0.05) is 13.1 Å². The van der Waals surface area contributed by atoms with Gasteiger partial charge < -0.3 is 5.11 Å². The van der Waals surface area contributed by atoms with E-state index in [0.29, 0.717) is 6.42 Å². The molecule has 5 nitrogen and oxygen atoms in total. The number of nitrogens with zero attached hydrogens (tertiary/aromatic N) is 1. The van der Waals surface area contributed by atoms with E-state index in [0.717, 1.165) is 24.6 Å². The first-order chi connectivity index (χ1) is 9.21. The molecule has 0 aliphatic rings. The van der Waals surface area contributed by atoms with E-state index in [1.807, 2.05) is 6.92 Å². The maximum Gasteiger partial charge on any atom is 0.338 e. The normalized spacial score (nSPS) is 13.4. The highest BCUT2D eigenvalue weighted by Gasteiger charge is 2.26. The zero-order valence-corrected chi connectivity index (χ0v) is 12.4. The van der Waals surface area contributed by atoms with Crippen molar-refractivity contribution in [2.75, 3.05) is 7.05 Å². The van der Waals surface area contributed by atoms with Crippen molar-refractivity contribution in [3.8, 4) is 0 Å². The molecule has 0 heterocycles. The largest absolute Gasteiger partial charge is 0.478 e. The number of sulfonamides is 1. The van der Waals surface area contributed by atoms with Gasteiger partial charge in [-0.3, -0.25) is 0 Å². The molecule has 112 valence electrons. The number of carboxylic acid groups (broad SMARTS) is 1. The van der Waals surface area contributed by atoms with Crippen molar-refractivity contribution in [2.24, 2.45) is 0 Å². The minimum absolute atomic E-state index is 0.219. The summed E-state index contributed by atoms with van der Waals surface area (Å²) in [6.07, 6.45) is 1.51. The van der Waals surface area contributed by atoms with Gasteiger partial charge in [-0.1, -0.05) is 13.3 Å². The zero-order valence-electron chi connectivity index (χ0n) is 11.6. The minimum Gasteiger partial charge on any atom is -0.478 e. The molecule has 1 unspecified atom stereocenters. The number of halogens is 1. The van der Waals surface area contributed by atoms with Crippen LogP contribution in [0.2, 0.25) is 0 Å². The van der Waals surface area contributed by atoms with E-state index in [9.17, 15) is 17.6 Å². The lowest BCUT2D eigenvalue weighted by atomic mass is 10.2. The molecule has 1 N–H and O–H groups in total. The molecule has 1 atom stereocenters. The first-order valence-corrected chi connectivity index (χ1v) is 7.66. The summed E-state index contributed by atoms with van der Waals surface area (Å²) in [5, 5.41) is 8.84. The van der Waals surface area contributed by atoms with Crippen molar-refractivity contribution in [3.63, 3.8) is 0 Å². The fraction of sp³-hybridized carbons (Fsp3) is 0.462. The zero-order chi connectivity index (χ0) is 15.5. The van der Waals surface area contributed by atoms with Crippen molar-refractivity contribution in [1.29, 1.82) is 0 Å². The van der Waals surface area contributed by atoms with Crippen LogP contribution in [0, 0.1) is 5.82 Å². The van der Waals surface area contributed by atoms with Gasteiger partial charge in [-0.2, -0.15) is 4.31 Å². The molecule has 0 saturated carbocycles. The summed E-state index contributed by atoms with van der Waals surface area (Å²) in [5.74, 6) is -2.45. The summed E-state index contributed by atoms with van der Waals surface area (Å²) >= 11 is 0. The van der Waals surface area contributed by atoms with Crippen molar-refractivity contribution >= 4 is 16.0 Å². The molecule has 7 heteroatoms. The second kappa shape index (κ2) is 6.32. The molecule has 0 bridgehead atoms. The maximum atomic E-state index is 13.3. The second-order valence-electron chi connectivity index (χ2n) is 4.61. The fourth-order valence-electron chi connectivity index (χ4n) is 1.83. The Morgan fingerprint density at radius 3 is 2.55 bits per heavy atom. The van der Waals surface area contributed by atoms with Crippen molar-refractivity contribution in [3.05, 3.63) is 29.6 Å². The van der Waals surface area contributed by atoms with Gasteiger partial charge >= 0.3 is 5.97 Å². The standard InChI is InChI=1S/C13H18FNO4S/c1-4-5-9(2)15(3)20(18,19)10-6-7-12(14)11(8-10)13(16)17/h6-9H,4-5H2,1-3H3,(H,16,17). The third-order valence-corrected chi connectivity index (χ3v) is 5.14. The topological polar surface area (TPSA) is 74.7 Å². The Labute approximate surface area is 118 Å². The van der Waals surface area contributed by atoms with Gasteiger partial charge in [-0.15, -0.1) is 0 Å². The molecule has 0 fully saturated rings. The van der Waals surface area contributed by atoms with Gasteiger partial charge in [-0.05, 0) is 31.5 Å². The van der Waals surface area contributed by atoms with Crippen LogP contribution in [-0.2, 0) is 10.0 Å². The van der Waals surface area contributed by atoms with Crippen LogP contribution < -0.4 is 0 Å². The van der Waals surface area contributed by atoms with Gasteiger partial charge in [0.1, 0.15) is 5.82 Å². The first-order valence-electron chi connectivity index (χ1n) is 6.22. The summed E-state index contributed by atoms with van der Waals surface area (Å²) < 4.78 is 39.2. The third kappa shape index (κ3) is 3.34. The van der Waals surface area contributed by atoms with E-state index in [1.165, 1.54) is 11.4 Å². The van der Waals surface area contributed by atoms with Crippen LogP contribution >= 0.6 is 0 Å². The Morgan fingerprint density at radius 1 is 1.45 bits per heavy atom. The molecule has 0 spiro atoms. The van der Waals surface area contributed by atoms with Crippen LogP contribution in [0.3, 0.4) is 0 Å². The number of hydrogen-bond acceptors (Lipinski definition) is 3. The second-order valence-corrected chi connectivity index (χ2v) is 6.60. The predicted octanol–water partition coefficient (Wildman–Crippen LogP) is 2.33. The Balaban J connectivity index is 3.22. The Kier molecular flexibility index (Phi) is 5.24. The first kappa shape index (κ1) is 16.6. The molecule has 1 rings (SSSR count). The Morgan fingerprint density at radius 2 is 2.05 bits per heavy atom. The summed E-state index contributed by atoms with van der Waals surface area (Å²) in [7, 11) is -2.40. The fourth-order valence-corrected chi connectivity index (χ4v) is 3.25. The smallest absolute Gasteiger partial charge is 0.338 e. The summed E-state index contributed by atoms with van der Waals surface area (Å²) in [6, 6.07) is 2.56. The molecule has 0 radical (unpaired) electrons. The number of rotatable bonds is 6. The molecule has 0 amide bonds. The SMILES string of the molecule is CCCC(C)N(C)S(=O)(=O)c1ccc(F)c(C(=O)O)c1. The molecule has 0 aromatic heterocycles. The van der Waals surface area contributed by atoms with Gasteiger partial charge in [0.2, 0.25) is 10.0 Å². The number of aromatic carboxylic acids is 1. The van der Waals surface area contributed by atoms with Gasteiger partial charge in [0.05, 0.1) is 10.5 Å².